The van der Waals surface area contributed by atoms with Crippen molar-refractivity contribution < 1.29 is 12.6 Å². The van der Waals surface area contributed by atoms with Crippen molar-refractivity contribution in [3.05, 3.63) is 5.21 Å². The average Bonchev–Trinajstić information content (AvgIpc) is 1.64. The van der Waals surface area contributed by atoms with E-state index >= 15 is 0 Å². The zero-order valence-electron chi connectivity index (χ0n) is 4.45. The number of nitrogens with one attached hydrogen (secondary N) is 2. The van der Waals surface area contributed by atoms with Crippen LogP contribution >= 0.6 is 0 Å². The van der Waals surface area contributed by atoms with Crippen LogP contribution in [0.15, 0.2) is 0 Å². The highest BCUT2D eigenvalue weighted by Crippen LogP contribution is 1.94. The Morgan fingerprint density at radius 3 is 1.78 bits per heavy atom. The highest BCUT2D eigenvalue weighted by Gasteiger charge is 2.14. The summed E-state index contributed by atoms with van der Waals surface area (Å²) in [5, 5.41) is 9.46. The fraction of sp³-hybridized carbons (Fsp3) is 1.00. The first-order chi connectivity index (χ1) is 3.81. The van der Waals surface area contributed by atoms with E-state index in [4.69, 9.17) is 4.78 Å². The van der Waals surface area contributed by atoms with Gasteiger partial charge in [-0.25, -0.2) is 8.99 Å². The summed E-state index contributed by atoms with van der Waals surface area (Å²) in [6.07, 6.45) is 0.646. The fourth-order valence-electron chi connectivity index (χ4n) is 0.0649. The third kappa shape index (κ3) is 1.90. The third-order valence-corrected chi connectivity index (χ3v) is 4.28. The van der Waals surface area contributed by atoms with Crippen LogP contribution in [0.2, 0.25) is 0 Å². The Balaban J connectivity index is 5.07. The molecule has 0 fully saturated rings. The molecule has 0 saturated carbocycles. The van der Waals surface area contributed by atoms with E-state index in [9.17, 15) is 17.8 Å². The normalized spacial score (nSPS) is 18.9. The van der Waals surface area contributed by atoms with Gasteiger partial charge in [-0.3, -0.25) is 4.89 Å². The van der Waals surface area contributed by atoms with Gasteiger partial charge < -0.3 is 5.21 Å². The lowest BCUT2D eigenvalue weighted by Crippen LogP contribution is -2.24. The Hall–Kier alpha value is -0.180. The predicted octanol–water partition coefficient (Wildman–Crippen LogP) is -1.00. The number of hydrogen-bond donors (Lipinski definition) is 2. The third-order valence-electron chi connectivity index (χ3n) is 0.521. The molecule has 0 heterocycles. The second kappa shape index (κ2) is 2.21. The van der Waals surface area contributed by atoms with E-state index in [2.05, 4.69) is 0 Å². The van der Waals surface area contributed by atoms with Crippen LogP contribution in [0.25, 0.3) is 0 Å². The second-order valence-electron chi connectivity index (χ2n) is 1.31. The van der Waals surface area contributed by atoms with Crippen molar-refractivity contribution in [2.45, 2.75) is 0 Å². The van der Waals surface area contributed by atoms with E-state index in [0.29, 0.717) is 11.1 Å². The summed E-state index contributed by atoms with van der Waals surface area (Å²) in [6, 6.07) is 0. The lowest BCUT2D eigenvalue weighted by atomic mass is 12.0. The fourth-order valence-corrected chi connectivity index (χ4v) is 0.584. The van der Waals surface area contributed by atoms with Gasteiger partial charge in [-0.05, 0) is 0 Å². The van der Waals surface area contributed by atoms with Crippen LogP contribution in [0, 0.1) is 9.99 Å². The summed E-state index contributed by atoms with van der Waals surface area (Å²) in [6.45, 7) is 0. The molecule has 9 heavy (non-hydrogen) atoms. The Morgan fingerprint density at radius 2 is 1.78 bits per heavy atom. The molecule has 0 aliphatic heterocycles. The molecular weight excluding hydrogens is 168 g/mol. The summed E-state index contributed by atoms with van der Waals surface area (Å²) >= 11 is 0. The maximum atomic E-state index is 10.3. The highest BCUT2D eigenvalue weighted by atomic mass is 33.2. The summed E-state index contributed by atoms with van der Waals surface area (Å²) in [7, 11) is -8.25. The van der Waals surface area contributed by atoms with Crippen LogP contribution in [0.1, 0.15) is 0 Å². The Labute approximate surface area is 52.3 Å². The van der Waals surface area contributed by atoms with Crippen molar-refractivity contribution >= 4 is 17.8 Å². The van der Waals surface area contributed by atoms with Gasteiger partial charge in [-0.2, -0.15) is 8.42 Å². The van der Waals surface area contributed by atoms with Gasteiger partial charge in [0.2, 0.25) is 0 Å². The standard InChI is InChI=1S/CH5N2O4S2/c1-8(2,5)9(6,7)3-4/h2-3H,1H3/q-1. The van der Waals surface area contributed by atoms with E-state index in [1.165, 1.54) is 0 Å². The molecule has 8 heteroatoms. The molecule has 0 aliphatic carbocycles. The van der Waals surface area contributed by atoms with Gasteiger partial charge in [0.15, 0.2) is 8.76 Å². The minimum absolute atomic E-state index is 0.541. The quantitative estimate of drug-likeness (QED) is 0.412. The molecule has 0 aromatic heterocycles. The topological polar surface area (TPSA) is 110 Å². The molecule has 0 bridgehead atoms. The minimum atomic E-state index is -4.45. The monoisotopic (exact) mass is 173 g/mol. The van der Waals surface area contributed by atoms with Gasteiger partial charge in [0.05, 0.1) is 0 Å². The molecular formula is CH5N2O4S2-. The van der Waals surface area contributed by atoms with Crippen molar-refractivity contribution in [1.29, 1.82) is 4.78 Å². The average molecular weight is 173 g/mol. The molecule has 0 spiro atoms. The van der Waals surface area contributed by atoms with E-state index in [1.807, 2.05) is 0 Å². The van der Waals surface area contributed by atoms with Crippen LogP contribution in [0.4, 0.5) is 0 Å². The molecule has 0 aromatic rings. The molecule has 6 nitrogen and oxygen atoms in total. The summed E-state index contributed by atoms with van der Waals surface area (Å²) in [5.41, 5.74) is 0. The van der Waals surface area contributed by atoms with Crippen molar-refractivity contribution in [2.24, 2.45) is 0 Å². The maximum Gasteiger partial charge on any atom is 0.288 e. The molecule has 56 valence electrons. The largest absolute Gasteiger partial charge is 0.774 e. The van der Waals surface area contributed by atoms with Crippen molar-refractivity contribution in [2.75, 3.05) is 6.26 Å². The Morgan fingerprint density at radius 1 is 1.44 bits per heavy atom. The van der Waals surface area contributed by atoms with Crippen LogP contribution in [-0.4, -0.2) is 18.9 Å². The maximum absolute atomic E-state index is 10.3. The molecule has 0 radical (unpaired) electrons. The van der Waals surface area contributed by atoms with E-state index in [0.717, 1.165) is 0 Å². The van der Waals surface area contributed by atoms with Gasteiger partial charge in [0.1, 0.15) is 0 Å². The predicted molar refractivity (Wildman–Crippen MR) is 32.2 cm³/mol. The zero-order chi connectivity index (χ0) is 7.71. The molecule has 1 atom stereocenters. The van der Waals surface area contributed by atoms with Crippen LogP contribution in [-0.2, 0) is 17.8 Å². The zero-order valence-corrected chi connectivity index (χ0v) is 6.08. The first kappa shape index (κ1) is 8.82. The first-order valence-electron chi connectivity index (χ1n) is 1.69. The van der Waals surface area contributed by atoms with Crippen LogP contribution in [0.5, 0.6) is 0 Å². The summed E-state index contributed by atoms with van der Waals surface area (Å²) in [4.78, 5) is 0.541. The van der Waals surface area contributed by atoms with Gasteiger partial charge in [0.25, 0.3) is 9.06 Å². The smallest absolute Gasteiger partial charge is 0.288 e. The molecule has 0 aliphatic rings. The van der Waals surface area contributed by atoms with Crippen molar-refractivity contribution in [1.82, 2.24) is 4.89 Å². The second-order valence-corrected chi connectivity index (χ2v) is 7.15. The van der Waals surface area contributed by atoms with E-state index in [-0.39, 0.29) is 0 Å². The molecule has 1 unspecified atom stereocenters. The first-order valence-corrected chi connectivity index (χ1v) is 5.65. The molecule has 2 N–H and O–H groups in total. The van der Waals surface area contributed by atoms with Gasteiger partial charge >= 0.3 is 0 Å². The van der Waals surface area contributed by atoms with Crippen LogP contribution < -0.4 is 4.89 Å². The summed E-state index contributed by atoms with van der Waals surface area (Å²) < 4.78 is 36.9. The Bertz CT molecular complexity index is 272. The molecule has 0 saturated heterocycles. The molecule has 0 rings (SSSR count). The number of rotatable bonds is 2. The Kier molecular flexibility index (Phi) is 2.17. The van der Waals surface area contributed by atoms with Crippen molar-refractivity contribution in [3.63, 3.8) is 0 Å². The van der Waals surface area contributed by atoms with Gasteiger partial charge in [-0.15, -0.1) is 0 Å². The van der Waals surface area contributed by atoms with E-state index in [1.54, 1.807) is 0 Å². The lowest BCUT2D eigenvalue weighted by Gasteiger charge is -2.07. The highest BCUT2D eigenvalue weighted by molar-refractivity contribution is 8.66. The van der Waals surface area contributed by atoms with Crippen LogP contribution in [0.3, 0.4) is 0 Å². The van der Waals surface area contributed by atoms with Gasteiger partial charge in [0, 0.05) is 6.26 Å². The summed E-state index contributed by atoms with van der Waals surface area (Å²) in [5.74, 6) is 0. The van der Waals surface area contributed by atoms with Gasteiger partial charge in [-0.1, -0.05) is 0 Å². The molecule has 0 aromatic carbocycles. The molecule has 0 amide bonds. The SMILES string of the molecule is CS(=N)(=O)S(=O)(=O)N[O-]. The lowest BCUT2D eigenvalue weighted by molar-refractivity contribution is 0.600. The van der Waals surface area contributed by atoms with Crippen molar-refractivity contribution in [3.8, 4) is 0 Å². The minimum Gasteiger partial charge on any atom is -0.774 e. The van der Waals surface area contributed by atoms with E-state index < -0.39 is 17.8 Å². The number of hydrogen-bond acceptors (Lipinski definition) is 5.